The molecule has 31 heavy (non-hydrogen) atoms. The van der Waals surface area contributed by atoms with Gasteiger partial charge in [-0.15, -0.1) is 0 Å². The smallest absolute Gasteiger partial charge is 0.335 e. The number of fused-ring (bicyclic) bond motifs is 3. The summed E-state index contributed by atoms with van der Waals surface area (Å²) in [6.07, 6.45) is -0.283. The first-order valence-electron chi connectivity index (χ1n) is 10.2. The van der Waals surface area contributed by atoms with Crippen LogP contribution in [0.15, 0.2) is 55.1 Å². The summed E-state index contributed by atoms with van der Waals surface area (Å²) in [6, 6.07) is 14.6. The van der Waals surface area contributed by atoms with E-state index in [4.69, 9.17) is 4.74 Å². The molecule has 4 rings (SSSR count). The van der Waals surface area contributed by atoms with Crippen LogP contribution in [0.25, 0.3) is 5.57 Å². The lowest BCUT2D eigenvalue weighted by Gasteiger charge is -2.21. The second-order valence-electron chi connectivity index (χ2n) is 8.06. The topological polar surface area (TPSA) is 113 Å². The van der Waals surface area contributed by atoms with Crippen LogP contribution in [0.5, 0.6) is 5.75 Å². The van der Waals surface area contributed by atoms with E-state index in [1.807, 2.05) is 36.4 Å². The number of benzene rings is 2. The van der Waals surface area contributed by atoms with Crippen molar-refractivity contribution in [1.82, 2.24) is 4.72 Å². The minimum atomic E-state index is -3.52. The molecule has 1 saturated carbocycles. The van der Waals surface area contributed by atoms with Gasteiger partial charge in [-0.25, -0.2) is 17.9 Å². The van der Waals surface area contributed by atoms with Gasteiger partial charge in [0.2, 0.25) is 10.0 Å². The lowest BCUT2D eigenvalue weighted by molar-refractivity contribution is -0.130. The second-order valence-corrected chi connectivity index (χ2v) is 9.99. The molecule has 2 aromatic carbocycles. The van der Waals surface area contributed by atoms with Gasteiger partial charge in [-0.05, 0) is 12.0 Å². The van der Waals surface area contributed by atoms with Gasteiger partial charge < -0.3 is 14.9 Å². The number of carbonyl (C=O) groups is 1. The van der Waals surface area contributed by atoms with Crippen LogP contribution in [0.4, 0.5) is 0 Å². The fraction of sp³-hybridized carbons (Fsp3) is 0.348. The molecule has 0 saturated heterocycles. The number of hydrogen-bond donors (Lipinski definition) is 3. The third-order valence-electron chi connectivity index (χ3n) is 6.13. The average Bonchev–Trinajstić information content (AvgIpc) is 3.25. The van der Waals surface area contributed by atoms with Crippen LogP contribution < -0.4 is 9.46 Å². The number of carboxylic acid groups (broad SMARTS) is 1. The molecule has 164 valence electrons. The highest BCUT2D eigenvalue weighted by Gasteiger charge is 2.50. The molecule has 0 amide bonds. The highest BCUT2D eigenvalue weighted by Crippen LogP contribution is 2.52. The van der Waals surface area contributed by atoms with Gasteiger partial charge in [0.25, 0.3) is 0 Å². The predicted molar refractivity (Wildman–Crippen MR) is 116 cm³/mol. The van der Waals surface area contributed by atoms with Crippen molar-refractivity contribution in [2.24, 2.45) is 5.92 Å². The van der Waals surface area contributed by atoms with Gasteiger partial charge >= 0.3 is 5.97 Å². The summed E-state index contributed by atoms with van der Waals surface area (Å²) in [5.41, 5.74) is 2.08. The van der Waals surface area contributed by atoms with Gasteiger partial charge in [0, 0.05) is 35.9 Å². The van der Waals surface area contributed by atoms with E-state index in [9.17, 15) is 23.4 Å². The lowest BCUT2D eigenvalue weighted by Crippen LogP contribution is -2.36. The maximum absolute atomic E-state index is 12.5. The highest BCUT2D eigenvalue weighted by atomic mass is 32.2. The average molecular weight is 444 g/mol. The Kier molecular flexibility index (Phi) is 5.88. The number of rotatable bonds is 8. The first-order valence-corrected chi connectivity index (χ1v) is 11.8. The molecule has 1 aliphatic carbocycles. The number of sulfonamides is 1. The molecule has 4 atom stereocenters. The molecule has 0 bridgehead atoms. The van der Waals surface area contributed by atoms with E-state index in [-0.39, 0.29) is 35.8 Å². The maximum atomic E-state index is 12.5. The normalized spacial score (nSPS) is 24.3. The molecule has 0 aromatic heterocycles. The van der Waals surface area contributed by atoms with Gasteiger partial charge in [-0.2, -0.15) is 0 Å². The molecule has 0 spiro atoms. The first-order chi connectivity index (χ1) is 14.8. The second kappa shape index (κ2) is 8.45. The molecule has 7 nitrogen and oxygen atoms in total. The number of ether oxygens (including phenoxy) is 1. The number of aliphatic hydroxyl groups excluding tert-OH is 1. The summed E-state index contributed by atoms with van der Waals surface area (Å²) >= 11 is 0. The summed E-state index contributed by atoms with van der Waals surface area (Å²) in [5.74, 6) is -1.29. The van der Waals surface area contributed by atoms with E-state index in [0.717, 1.165) is 11.1 Å². The third-order valence-corrected chi connectivity index (χ3v) is 7.48. The van der Waals surface area contributed by atoms with Gasteiger partial charge in [0.05, 0.1) is 17.4 Å². The zero-order chi connectivity index (χ0) is 22.2. The molecule has 1 aliphatic heterocycles. The highest BCUT2D eigenvalue weighted by molar-refractivity contribution is 7.89. The number of para-hydroxylation sites is 1. The summed E-state index contributed by atoms with van der Waals surface area (Å²) in [5, 5.41) is 19.9. The van der Waals surface area contributed by atoms with Gasteiger partial charge in [-0.3, -0.25) is 0 Å². The van der Waals surface area contributed by atoms with Crippen LogP contribution in [0, 0.1) is 5.92 Å². The van der Waals surface area contributed by atoms with E-state index in [0.29, 0.717) is 24.2 Å². The SMILES string of the molecule is C=C(C(=O)O)c1cccc2c1OC1CC(O)C(CNS(=O)(=O)CCc3ccccc3)C21. The number of aliphatic carboxylic acids is 1. The van der Waals surface area contributed by atoms with Gasteiger partial charge in [0.1, 0.15) is 11.9 Å². The minimum absolute atomic E-state index is 0.0381. The van der Waals surface area contributed by atoms with Crippen LogP contribution in [0.2, 0.25) is 0 Å². The van der Waals surface area contributed by atoms with E-state index in [1.165, 1.54) is 0 Å². The third kappa shape index (κ3) is 4.37. The van der Waals surface area contributed by atoms with Crippen LogP contribution in [0.3, 0.4) is 0 Å². The maximum Gasteiger partial charge on any atom is 0.335 e. The molecule has 4 unspecified atom stereocenters. The van der Waals surface area contributed by atoms with E-state index >= 15 is 0 Å². The lowest BCUT2D eigenvalue weighted by atomic mass is 9.87. The summed E-state index contributed by atoms with van der Waals surface area (Å²) in [7, 11) is -3.52. The van der Waals surface area contributed by atoms with Gasteiger partial charge in [-0.1, -0.05) is 55.1 Å². The van der Waals surface area contributed by atoms with E-state index < -0.39 is 22.1 Å². The molecule has 1 fully saturated rings. The fourth-order valence-electron chi connectivity index (χ4n) is 4.54. The minimum Gasteiger partial charge on any atom is -0.489 e. The molecule has 8 heteroatoms. The Morgan fingerprint density at radius 3 is 2.61 bits per heavy atom. The van der Waals surface area contributed by atoms with Crippen molar-refractivity contribution in [3.63, 3.8) is 0 Å². The summed E-state index contributed by atoms with van der Waals surface area (Å²) in [4.78, 5) is 11.4. The van der Waals surface area contributed by atoms with Crippen molar-refractivity contribution in [3.8, 4) is 5.75 Å². The summed E-state index contributed by atoms with van der Waals surface area (Å²) in [6.45, 7) is 3.71. The number of nitrogens with one attached hydrogen (secondary N) is 1. The Hall–Kier alpha value is -2.68. The van der Waals surface area contributed by atoms with Crippen LogP contribution in [0.1, 0.15) is 29.0 Å². The van der Waals surface area contributed by atoms with Crippen molar-refractivity contribution in [3.05, 3.63) is 71.8 Å². The Bertz CT molecular complexity index is 1100. The number of aliphatic hydroxyl groups is 1. The molecule has 0 radical (unpaired) electrons. The molecule has 3 N–H and O–H groups in total. The number of hydrogen-bond acceptors (Lipinski definition) is 5. The number of carboxylic acids is 1. The van der Waals surface area contributed by atoms with Crippen LogP contribution in [-0.2, 0) is 21.2 Å². The molecule has 2 aromatic rings. The fourth-order valence-corrected chi connectivity index (χ4v) is 5.63. The van der Waals surface area contributed by atoms with Crippen LogP contribution >= 0.6 is 0 Å². The van der Waals surface area contributed by atoms with E-state index in [1.54, 1.807) is 12.1 Å². The molecular formula is C23H25NO6S. The van der Waals surface area contributed by atoms with Crippen molar-refractivity contribution in [1.29, 1.82) is 0 Å². The van der Waals surface area contributed by atoms with Crippen molar-refractivity contribution < 1.29 is 28.2 Å². The Morgan fingerprint density at radius 1 is 1.16 bits per heavy atom. The Balaban J connectivity index is 1.48. The molecule has 2 aliphatic rings. The monoisotopic (exact) mass is 443 g/mol. The van der Waals surface area contributed by atoms with Crippen molar-refractivity contribution in [2.45, 2.75) is 31.0 Å². The van der Waals surface area contributed by atoms with Crippen molar-refractivity contribution in [2.75, 3.05) is 12.3 Å². The molecular weight excluding hydrogens is 418 g/mol. The Morgan fingerprint density at radius 2 is 1.90 bits per heavy atom. The predicted octanol–water partition coefficient (Wildman–Crippen LogP) is 2.17. The quantitative estimate of drug-likeness (QED) is 0.539. The standard InChI is InChI=1S/C23H25NO6S/c1-14(23(26)27)16-8-5-9-17-21-18(19(25)12-20(21)30-22(16)17)13-24-31(28,29)11-10-15-6-3-2-4-7-15/h2-9,18-21,24-25H,1,10-13H2,(H,26,27). The zero-order valence-corrected chi connectivity index (χ0v) is 17.7. The molecule has 1 heterocycles. The largest absolute Gasteiger partial charge is 0.489 e. The van der Waals surface area contributed by atoms with E-state index in [2.05, 4.69) is 11.3 Å². The zero-order valence-electron chi connectivity index (χ0n) is 16.9. The Labute approximate surface area is 181 Å². The summed E-state index contributed by atoms with van der Waals surface area (Å²) < 4.78 is 33.7. The van der Waals surface area contributed by atoms with Gasteiger partial charge in [0.15, 0.2) is 0 Å². The number of aryl methyl sites for hydroxylation is 1. The van der Waals surface area contributed by atoms with Crippen LogP contribution in [-0.4, -0.2) is 49.1 Å². The van der Waals surface area contributed by atoms with Crippen molar-refractivity contribution >= 4 is 21.6 Å². The first kappa shape index (κ1) is 21.5.